The fourth-order valence-corrected chi connectivity index (χ4v) is 2.23. The van der Waals surface area contributed by atoms with Gasteiger partial charge in [0.15, 0.2) is 6.61 Å². The zero-order chi connectivity index (χ0) is 18.8. The Labute approximate surface area is 152 Å². The highest BCUT2D eigenvalue weighted by atomic mass is 16.5. The number of amides is 1. The Balaban J connectivity index is 1.99. The summed E-state index contributed by atoms with van der Waals surface area (Å²) in [7, 11) is 2.88. The van der Waals surface area contributed by atoms with Gasteiger partial charge in [-0.15, -0.1) is 0 Å². The molecule has 0 aliphatic rings. The predicted octanol–water partition coefficient (Wildman–Crippen LogP) is 2.06. The number of rotatable bonds is 9. The van der Waals surface area contributed by atoms with Gasteiger partial charge in [-0.05, 0) is 24.3 Å². The smallest absolute Gasteiger partial charge is 0.307 e. The number of ether oxygens (including phenoxy) is 3. The number of esters is 1. The largest absolute Gasteiger partial charge is 0.497 e. The standard InChI is InChI=1S/C19H22N2O5/c1-24-16-7-5-8-17(12-16)26-14-18(22)21(11-9-19(23)25-2)13-15-6-3-4-10-20-15/h3-8,10,12H,9,11,13-14H2,1-2H3. The van der Waals surface area contributed by atoms with E-state index in [2.05, 4.69) is 9.72 Å². The topological polar surface area (TPSA) is 78.0 Å². The maximum Gasteiger partial charge on any atom is 0.307 e. The molecule has 7 nitrogen and oxygen atoms in total. The van der Waals surface area contributed by atoms with Crippen LogP contribution >= 0.6 is 0 Å². The third-order valence-corrected chi connectivity index (χ3v) is 3.65. The molecule has 0 saturated carbocycles. The van der Waals surface area contributed by atoms with Gasteiger partial charge >= 0.3 is 5.97 Å². The fraction of sp³-hybridized carbons (Fsp3) is 0.316. The molecule has 138 valence electrons. The van der Waals surface area contributed by atoms with E-state index in [1.165, 1.54) is 12.0 Å². The van der Waals surface area contributed by atoms with Crippen molar-refractivity contribution in [1.82, 2.24) is 9.88 Å². The number of pyridine rings is 1. The molecule has 0 N–H and O–H groups in total. The molecule has 1 heterocycles. The zero-order valence-electron chi connectivity index (χ0n) is 14.9. The summed E-state index contributed by atoms with van der Waals surface area (Å²) in [4.78, 5) is 29.7. The first-order chi connectivity index (χ1) is 12.6. The first-order valence-corrected chi connectivity index (χ1v) is 8.13. The number of methoxy groups -OCH3 is 2. The summed E-state index contributed by atoms with van der Waals surface area (Å²) in [5.41, 5.74) is 0.729. The summed E-state index contributed by atoms with van der Waals surface area (Å²) in [6.07, 6.45) is 1.76. The highest BCUT2D eigenvalue weighted by molar-refractivity contribution is 5.78. The van der Waals surface area contributed by atoms with Crippen LogP contribution in [0, 0.1) is 0 Å². The molecule has 0 atom stereocenters. The Morgan fingerprint density at radius 1 is 1.08 bits per heavy atom. The number of nitrogens with zero attached hydrogens (tertiary/aromatic N) is 2. The summed E-state index contributed by atoms with van der Waals surface area (Å²) in [5, 5.41) is 0. The minimum atomic E-state index is -0.377. The molecule has 1 aromatic carbocycles. The van der Waals surface area contributed by atoms with Gasteiger partial charge in [0.1, 0.15) is 11.5 Å². The predicted molar refractivity (Wildman–Crippen MR) is 94.8 cm³/mol. The summed E-state index contributed by atoms with van der Waals surface area (Å²) in [5.74, 6) is 0.550. The van der Waals surface area contributed by atoms with Crippen molar-refractivity contribution < 1.29 is 23.8 Å². The van der Waals surface area contributed by atoms with E-state index in [-0.39, 0.29) is 38.0 Å². The second kappa shape index (κ2) is 10.0. The molecule has 0 radical (unpaired) electrons. The van der Waals surface area contributed by atoms with E-state index >= 15 is 0 Å². The molecular weight excluding hydrogens is 336 g/mol. The van der Waals surface area contributed by atoms with Gasteiger partial charge < -0.3 is 19.1 Å². The van der Waals surface area contributed by atoms with Crippen molar-refractivity contribution in [2.75, 3.05) is 27.4 Å². The van der Waals surface area contributed by atoms with Crippen molar-refractivity contribution in [3.8, 4) is 11.5 Å². The second-order valence-electron chi connectivity index (χ2n) is 5.43. The Kier molecular flexibility index (Phi) is 7.42. The molecule has 0 bridgehead atoms. The van der Waals surface area contributed by atoms with Crippen LogP contribution in [-0.4, -0.2) is 49.1 Å². The minimum Gasteiger partial charge on any atom is -0.497 e. The number of carbonyl (C=O) groups is 2. The van der Waals surface area contributed by atoms with Crippen LogP contribution in [0.1, 0.15) is 12.1 Å². The van der Waals surface area contributed by atoms with Crippen LogP contribution in [0.3, 0.4) is 0 Å². The lowest BCUT2D eigenvalue weighted by atomic mass is 10.3. The van der Waals surface area contributed by atoms with Crippen molar-refractivity contribution >= 4 is 11.9 Å². The highest BCUT2D eigenvalue weighted by Gasteiger charge is 2.17. The lowest BCUT2D eigenvalue weighted by molar-refractivity contribution is -0.142. The fourth-order valence-electron chi connectivity index (χ4n) is 2.23. The third kappa shape index (κ3) is 6.08. The van der Waals surface area contributed by atoms with E-state index in [0.29, 0.717) is 11.5 Å². The molecule has 2 rings (SSSR count). The van der Waals surface area contributed by atoms with Crippen molar-refractivity contribution in [3.05, 3.63) is 54.4 Å². The summed E-state index contributed by atoms with van der Waals surface area (Å²) in [6, 6.07) is 12.5. The first-order valence-electron chi connectivity index (χ1n) is 8.13. The molecule has 0 spiro atoms. The maximum absolute atomic E-state index is 12.6. The van der Waals surface area contributed by atoms with Crippen LogP contribution in [0.15, 0.2) is 48.7 Å². The normalized spacial score (nSPS) is 10.1. The zero-order valence-corrected chi connectivity index (χ0v) is 14.9. The number of hydrogen-bond donors (Lipinski definition) is 0. The molecule has 1 aromatic heterocycles. The van der Waals surface area contributed by atoms with Crippen molar-refractivity contribution in [3.63, 3.8) is 0 Å². The van der Waals surface area contributed by atoms with E-state index < -0.39 is 0 Å². The Hall–Kier alpha value is -3.09. The van der Waals surface area contributed by atoms with E-state index in [1.807, 2.05) is 12.1 Å². The van der Waals surface area contributed by atoms with Crippen LogP contribution in [0.5, 0.6) is 11.5 Å². The van der Waals surface area contributed by atoms with Gasteiger partial charge in [0.25, 0.3) is 5.91 Å². The van der Waals surface area contributed by atoms with Gasteiger partial charge in [-0.25, -0.2) is 0 Å². The van der Waals surface area contributed by atoms with Gasteiger partial charge in [0.2, 0.25) is 0 Å². The van der Waals surface area contributed by atoms with Gasteiger partial charge in [-0.1, -0.05) is 12.1 Å². The Bertz CT molecular complexity index is 721. The van der Waals surface area contributed by atoms with Gasteiger partial charge in [-0.3, -0.25) is 14.6 Å². The van der Waals surface area contributed by atoms with E-state index in [1.54, 1.807) is 43.6 Å². The molecule has 26 heavy (non-hydrogen) atoms. The molecule has 2 aromatic rings. The van der Waals surface area contributed by atoms with E-state index in [4.69, 9.17) is 9.47 Å². The summed E-state index contributed by atoms with van der Waals surface area (Å²) in [6.45, 7) is 0.364. The number of benzene rings is 1. The van der Waals surface area contributed by atoms with Crippen LogP contribution in [0.25, 0.3) is 0 Å². The van der Waals surface area contributed by atoms with Crippen LogP contribution in [0.2, 0.25) is 0 Å². The highest BCUT2D eigenvalue weighted by Crippen LogP contribution is 2.19. The molecule has 0 aliphatic heterocycles. The minimum absolute atomic E-state index is 0.105. The van der Waals surface area contributed by atoms with Crippen LogP contribution < -0.4 is 9.47 Å². The Morgan fingerprint density at radius 3 is 2.58 bits per heavy atom. The first kappa shape index (κ1) is 19.2. The molecular formula is C19H22N2O5. The van der Waals surface area contributed by atoms with E-state index in [9.17, 15) is 9.59 Å². The van der Waals surface area contributed by atoms with Crippen molar-refractivity contribution in [2.45, 2.75) is 13.0 Å². The second-order valence-corrected chi connectivity index (χ2v) is 5.43. The molecule has 0 fully saturated rings. The average Bonchev–Trinajstić information content (AvgIpc) is 2.69. The molecule has 1 amide bonds. The average molecular weight is 358 g/mol. The SMILES string of the molecule is COC(=O)CCN(Cc1ccccn1)C(=O)COc1cccc(OC)c1. The van der Waals surface area contributed by atoms with E-state index in [0.717, 1.165) is 5.69 Å². The van der Waals surface area contributed by atoms with Crippen molar-refractivity contribution in [1.29, 1.82) is 0 Å². The monoisotopic (exact) mass is 358 g/mol. The van der Waals surface area contributed by atoms with Gasteiger partial charge in [0, 0.05) is 18.8 Å². The van der Waals surface area contributed by atoms with Gasteiger partial charge in [-0.2, -0.15) is 0 Å². The molecule has 0 saturated heterocycles. The quantitative estimate of drug-likeness (QED) is 0.639. The molecule has 0 aliphatic carbocycles. The lowest BCUT2D eigenvalue weighted by Crippen LogP contribution is -2.36. The number of hydrogen-bond acceptors (Lipinski definition) is 6. The maximum atomic E-state index is 12.6. The Morgan fingerprint density at radius 2 is 1.88 bits per heavy atom. The van der Waals surface area contributed by atoms with Gasteiger partial charge in [0.05, 0.1) is 32.9 Å². The van der Waals surface area contributed by atoms with Crippen LogP contribution in [0.4, 0.5) is 0 Å². The number of carbonyl (C=O) groups excluding carboxylic acids is 2. The lowest BCUT2D eigenvalue weighted by Gasteiger charge is -2.22. The summed E-state index contributed by atoms with van der Waals surface area (Å²) >= 11 is 0. The van der Waals surface area contributed by atoms with Crippen molar-refractivity contribution in [2.24, 2.45) is 0 Å². The molecule has 7 heteroatoms. The van der Waals surface area contributed by atoms with Crippen LogP contribution in [-0.2, 0) is 20.9 Å². The number of aromatic nitrogens is 1. The summed E-state index contributed by atoms with van der Waals surface area (Å²) < 4.78 is 15.3. The third-order valence-electron chi connectivity index (χ3n) is 3.65. The molecule has 0 unspecified atom stereocenters.